The van der Waals surface area contributed by atoms with Crippen molar-refractivity contribution >= 4 is 22.4 Å². The molecular weight excluding hydrogens is 409 g/mol. The van der Waals surface area contributed by atoms with Gasteiger partial charge in [0.25, 0.3) is 11.1 Å². The lowest BCUT2D eigenvalue weighted by atomic mass is 10.1. The Labute approximate surface area is 173 Å². The van der Waals surface area contributed by atoms with E-state index < -0.39 is 11.1 Å². The molecule has 0 N–H and O–H groups in total. The fraction of sp³-hybridized carbons (Fsp3) is 0.143. The van der Waals surface area contributed by atoms with Gasteiger partial charge in [0.1, 0.15) is 11.5 Å². The Morgan fingerprint density at radius 1 is 1.10 bits per heavy atom. The maximum Gasteiger partial charge on any atom is 0.296 e. The highest BCUT2D eigenvalue weighted by atomic mass is 32.1. The molecule has 0 bridgehead atoms. The summed E-state index contributed by atoms with van der Waals surface area (Å²) in [6.45, 7) is 0. The highest BCUT2D eigenvalue weighted by Gasteiger charge is 2.13. The number of para-hydroxylation sites is 1. The first-order chi connectivity index (χ1) is 14.5. The third-order valence-electron chi connectivity index (χ3n) is 4.46. The topological polar surface area (TPSA) is 82.8 Å². The lowest BCUT2D eigenvalue weighted by molar-refractivity contribution is 0.354. The lowest BCUT2D eigenvalue weighted by Crippen LogP contribution is -2.28. The number of thiazole rings is 1. The number of fused-ring (bicyclic) bond motifs is 1. The molecule has 0 saturated carbocycles. The number of methoxy groups -OCH3 is 2. The van der Waals surface area contributed by atoms with Crippen LogP contribution in [-0.2, 0) is 6.42 Å². The number of halogens is 1. The number of rotatable bonds is 5. The zero-order chi connectivity index (χ0) is 21.3. The van der Waals surface area contributed by atoms with E-state index >= 15 is 0 Å². The van der Waals surface area contributed by atoms with Crippen molar-refractivity contribution in [2.24, 2.45) is 0 Å². The number of ether oxygens (including phenoxy) is 2. The minimum absolute atomic E-state index is 0.111. The van der Waals surface area contributed by atoms with Gasteiger partial charge in [-0.1, -0.05) is 35.6 Å². The maximum atomic E-state index is 13.1. The largest absolute Gasteiger partial charge is 0.493 e. The van der Waals surface area contributed by atoms with Crippen LogP contribution in [0.3, 0.4) is 0 Å². The van der Waals surface area contributed by atoms with Gasteiger partial charge in [-0.2, -0.15) is 14.6 Å². The van der Waals surface area contributed by atoms with E-state index in [2.05, 4.69) is 10.1 Å². The monoisotopic (exact) mass is 425 g/mol. The van der Waals surface area contributed by atoms with Crippen LogP contribution in [0.1, 0.15) is 16.8 Å². The molecule has 2 heterocycles. The van der Waals surface area contributed by atoms with E-state index in [0.717, 1.165) is 15.9 Å². The smallest absolute Gasteiger partial charge is 0.296 e. The maximum absolute atomic E-state index is 13.1. The average molecular weight is 425 g/mol. The molecule has 0 fully saturated rings. The first-order valence-electron chi connectivity index (χ1n) is 8.90. The molecule has 0 aliphatic rings. The fourth-order valence-corrected chi connectivity index (χ4v) is 3.91. The van der Waals surface area contributed by atoms with Crippen LogP contribution in [-0.4, -0.2) is 28.8 Å². The minimum Gasteiger partial charge on any atom is -0.493 e. The quantitative estimate of drug-likeness (QED) is 0.485. The van der Waals surface area contributed by atoms with Gasteiger partial charge < -0.3 is 9.47 Å². The van der Waals surface area contributed by atoms with Gasteiger partial charge in [0.2, 0.25) is 4.96 Å². The van der Waals surface area contributed by atoms with E-state index in [1.54, 1.807) is 36.4 Å². The van der Waals surface area contributed by atoms with E-state index in [0.29, 0.717) is 27.2 Å². The molecule has 4 rings (SSSR count). The van der Waals surface area contributed by atoms with Crippen LogP contribution in [0.4, 0.5) is 4.39 Å². The molecule has 0 saturated heterocycles. The van der Waals surface area contributed by atoms with Gasteiger partial charge >= 0.3 is 0 Å². The van der Waals surface area contributed by atoms with Crippen molar-refractivity contribution < 1.29 is 13.9 Å². The van der Waals surface area contributed by atoms with E-state index in [4.69, 9.17) is 9.47 Å². The van der Waals surface area contributed by atoms with E-state index in [1.165, 1.54) is 26.4 Å². The third kappa shape index (κ3) is 3.67. The zero-order valence-corrected chi connectivity index (χ0v) is 16.9. The van der Waals surface area contributed by atoms with Crippen molar-refractivity contribution in [3.8, 4) is 11.5 Å². The summed E-state index contributed by atoms with van der Waals surface area (Å²) in [5, 5.41) is 4.20. The van der Waals surface area contributed by atoms with Crippen LogP contribution >= 0.6 is 11.3 Å². The molecule has 0 atom stereocenters. The number of benzene rings is 2. The van der Waals surface area contributed by atoms with Crippen LogP contribution < -0.4 is 25.1 Å². The van der Waals surface area contributed by atoms with Gasteiger partial charge in [-0.3, -0.25) is 9.59 Å². The molecule has 0 amide bonds. The molecule has 30 heavy (non-hydrogen) atoms. The molecule has 152 valence electrons. The molecule has 2 aromatic heterocycles. The first-order valence-corrected chi connectivity index (χ1v) is 9.71. The summed E-state index contributed by atoms with van der Waals surface area (Å²) in [6, 6.07) is 11.0. The van der Waals surface area contributed by atoms with Gasteiger partial charge in [0, 0.05) is 12.0 Å². The van der Waals surface area contributed by atoms with Crippen molar-refractivity contribution in [2.75, 3.05) is 14.2 Å². The average Bonchev–Trinajstić information content (AvgIpc) is 3.04. The molecule has 4 aromatic rings. The van der Waals surface area contributed by atoms with Crippen molar-refractivity contribution in [1.29, 1.82) is 0 Å². The Hall–Kier alpha value is -3.59. The van der Waals surface area contributed by atoms with Gasteiger partial charge in [-0.25, -0.2) is 4.39 Å². The van der Waals surface area contributed by atoms with Gasteiger partial charge in [-0.15, -0.1) is 0 Å². The highest BCUT2D eigenvalue weighted by molar-refractivity contribution is 7.15. The van der Waals surface area contributed by atoms with Crippen LogP contribution in [0.2, 0.25) is 0 Å². The summed E-state index contributed by atoms with van der Waals surface area (Å²) in [5.74, 6) is 0.654. The predicted octanol–water partition coefficient (Wildman–Crippen LogP) is 1.81. The Morgan fingerprint density at radius 2 is 1.87 bits per heavy atom. The molecule has 9 heteroatoms. The number of aromatic nitrogens is 3. The first kappa shape index (κ1) is 19.7. The molecule has 7 nitrogen and oxygen atoms in total. The Kier molecular flexibility index (Phi) is 5.28. The summed E-state index contributed by atoms with van der Waals surface area (Å²) in [4.78, 5) is 29.4. The Bertz CT molecular complexity index is 1400. The number of nitrogens with zero attached hydrogens (tertiary/aromatic N) is 3. The summed E-state index contributed by atoms with van der Waals surface area (Å²) < 4.78 is 25.2. The van der Waals surface area contributed by atoms with Crippen LogP contribution in [0.15, 0.2) is 52.1 Å². The normalized spacial score (nSPS) is 11.8. The second-order valence-corrected chi connectivity index (χ2v) is 7.37. The van der Waals surface area contributed by atoms with Crippen LogP contribution in [0.25, 0.3) is 11.0 Å². The second kappa shape index (κ2) is 8.03. The molecular formula is C21H16FN3O4S. The minimum atomic E-state index is -0.522. The SMILES string of the molecule is COc1cccc(C=c2sc3nc(=O)c(Cc4ccc(F)cc4)nn3c2=O)c1OC. The molecule has 0 aliphatic carbocycles. The summed E-state index contributed by atoms with van der Waals surface area (Å²) in [5.41, 5.74) is 0.534. The molecule has 0 aliphatic heterocycles. The van der Waals surface area contributed by atoms with Gasteiger partial charge in [-0.05, 0) is 29.8 Å². The fourth-order valence-electron chi connectivity index (χ4n) is 3.01. The van der Waals surface area contributed by atoms with Crippen molar-refractivity contribution in [3.63, 3.8) is 0 Å². The lowest BCUT2D eigenvalue weighted by Gasteiger charge is -2.09. The molecule has 2 aromatic carbocycles. The second-order valence-electron chi connectivity index (χ2n) is 6.36. The number of hydrogen-bond donors (Lipinski definition) is 0. The molecule has 0 radical (unpaired) electrons. The summed E-state index contributed by atoms with van der Waals surface area (Å²) >= 11 is 1.06. The molecule has 0 unspecified atom stereocenters. The standard InChI is InChI=1S/C21H16FN3O4S/c1-28-16-5-3-4-13(18(16)29-2)11-17-20(27)25-21(30-17)23-19(26)15(24-25)10-12-6-8-14(22)9-7-12/h3-9,11H,10H2,1-2H3. The van der Waals surface area contributed by atoms with Gasteiger partial charge in [0.15, 0.2) is 11.5 Å². The Morgan fingerprint density at radius 3 is 2.57 bits per heavy atom. The Balaban J connectivity index is 1.82. The molecule has 0 spiro atoms. The van der Waals surface area contributed by atoms with Crippen molar-refractivity contribution in [2.45, 2.75) is 6.42 Å². The summed E-state index contributed by atoms with van der Waals surface area (Å²) in [6.07, 6.45) is 1.79. The van der Waals surface area contributed by atoms with E-state index in [1.807, 2.05) is 0 Å². The number of hydrogen-bond acceptors (Lipinski definition) is 7. The van der Waals surface area contributed by atoms with Crippen molar-refractivity contribution in [1.82, 2.24) is 14.6 Å². The predicted molar refractivity (Wildman–Crippen MR) is 111 cm³/mol. The van der Waals surface area contributed by atoms with E-state index in [-0.39, 0.29) is 22.9 Å². The van der Waals surface area contributed by atoms with Gasteiger partial charge in [0.05, 0.1) is 18.8 Å². The summed E-state index contributed by atoms with van der Waals surface area (Å²) in [7, 11) is 3.05. The third-order valence-corrected chi connectivity index (χ3v) is 5.41. The van der Waals surface area contributed by atoms with Crippen molar-refractivity contribution in [3.05, 3.63) is 90.3 Å². The van der Waals surface area contributed by atoms with Crippen LogP contribution in [0.5, 0.6) is 11.5 Å². The van der Waals surface area contributed by atoms with E-state index in [9.17, 15) is 14.0 Å². The van der Waals surface area contributed by atoms with Crippen LogP contribution in [0, 0.1) is 5.82 Å². The zero-order valence-electron chi connectivity index (χ0n) is 16.1. The highest BCUT2D eigenvalue weighted by Crippen LogP contribution is 2.31.